The van der Waals surface area contributed by atoms with Crippen LogP contribution in [0.15, 0.2) is 38.7 Å². The number of aryl methyl sites for hydroxylation is 1. The lowest BCUT2D eigenvalue weighted by atomic mass is 10.3. The van der Waals surface area contributed by atoms with Crippen LogP contribution < -0.4 is 16.6 Å². The summed E-state index contributed by atoms with van der Waals surface area (Å²) < 4.78 is 0.711. The summed E-state index contributed by atoms with van der Waals surface area (Å²) in [5.74, 6) is -0.0573. The van der Waals surface area contributed by atoms with Crippen molar-refractivity contribution in [2.45, 2.75) is 12.1 Å². The minimum atomic E-state index is -0.230. The van der Waals surface area contributed by atoms with Crippen LogP contribution in [-0.2, 0) is 4.79 Å². The van der Waals surface area contributed by atoms with Gasteiger partial charge in [-0.15, -0.1) is 0 Å². The molecule has 0 bridgehead atoms. The summed E-state index contributed by atoms with van der Waals surface area (Å²) in [6, 6.07) is 6.53. The van der Waals surface area contributed by atoms with E-state index in [2.05, 4.69) is 31.2 Å². The van der Waals surface area contributed by atoms with Crippen molar-refractivity contribution in [2.24, 2.45) is 0 Å². The van der Waals surface area contributed by atoms with E-state index in [-0.39, 0.29) is 17.2 Å². The van der Waals surface area contributed by atoms with Gasteiger partial charge < -0.3 is 16.0 Å². The number of carbonyl (C=O) groups excluding carboxylic acids is 1. The second-order valence-electron chi connectivity index (χ2n) is 4.27. The first kappa shape index (κ1) is 15.6. The number of hydrogen-bond acceptors (Lipinski definition) is 5. The van der Waals surface area contributed by atoms with Gasteiger partial charge in [-0.2, -0.15) is 0 Å². The highest BCUT2D eigenvalue weighted by Gasteiger charge is 2.08. The maximum Gasteiger partial charge on any atom is 0.251 e. The molecule has 0 aliphatic carbocycles. The molecule has 4 N–H and O–H groups in total. The lowest BCUT2D eigenvalue weighted by Gasteiger charge is -2.07. The third-order valence-electron chi connectivity index (χ3n) is 2.46. The number of nitrogens with zero attached hydrogens (tertiary/aromatic N) is 1. The first-order chi connectivity index (χ1) is 9.94. The highest BCUT2D eigenvalue weighted by molar-refractivity contribution is 9.10. The van der Waals surface area contributed by atoms with E-state index in [0.717, 1.165) is 0 Å². The van der Waals surface area contributed by atoms with Gasteiger partial charge in [0.15, 0.2) is 5.16 Å². The van der Waals surface area contributed by atoms with Crippen molar-refractivity contribution in [3.05, 3.63) is 44.8 Å². The highest BCUT2D eigenvalue weighted by atomic mass is 79.9. The van der Waals surface area contributed by atoms with Gasteiger partial charge in [0.25, 0.3) is 5.56 Å². The van der Waals surface area contributed by atoms with Crippen LogP contribution in [0.25, 0.3) is 0 Å². The molecule has 8 heteroatoms. The third-order valence-corrected chi connectivity index (χ3v) is 3.98. The van der Waals surface area contributed by atoms with Crippen LogP contribution in [0, 0.1) is 6.92 Å². The van der Waals surface area contributed by atoms with Crippen molar-refractivity contribution in [1.82, 2.24) is 9.97 Å². The molecule has 0 fully saturated rings. The second-order valence-corrected chi connectivity index (χ2v) is 6.09. The lowest BCUT2D eigenvalue weighted by Crippen LogP contribution is -2.15. The van der Waals surface area contributed by atoms with Crippen molar-refractivity contribution >= 4 is 45.0 Å². The number of hydrogen-bond donors (Lipinski definition) is 3. The Bertz CT molecular complexity index is 732. The minimum absolute atomic E-state index is 0.142. The quantitative estimate of drug-likeness (QED) is 0.436. The number of carbonyl (C=O) groups is 1. The normalized spacial score (nSPS) is 10.4. The average Bonchev–Trinajstić information content (AvgIpc) is 2.39. The molecule has 2 rings (SSSR count). The van der Waals surface area contributed by atoms with Crippen LogP contribution >= 0.6 is 27.7 Å². The molecule has 1 aromatic heterocycles. The molecule has 1 aromatic carbocycles. The van der Waals surface area contributed by atoms with Gasteiger partial charge in [0.1, 0.15) is 0 Å². The number of nitrogen functional groups attached to an aromatic ring is 1. The number of anilines is 2. The number of thioether (sulfide) groups is 1. The molecule has 1 amide bonds. The van der Waals surface area contributed by atoms with Gasteiger partial charge in [-0.25, -0.2) is 4.98 Å². The van der Waals surface area contributed by atoms with Crippen molar-refractivity contribution in [3.63, 3.8) is 0 Å². The summed E-state index contributed by atoms with van der Waals surface area (Å²) in [6.45, 7) is 1.73. The Kier molecular flexibility index (Phi) is 5.03. The Hall–Kier alpha value is -1.80. The molecule has 1 heterocycles. The molecule has 0 saturated carbocycles. The Balaban J connectivity index is 1.97. The Labute approximate surface area is 133 Å². The van der Waals surface area contributed by atoms with E-state index in [4.69, 9.17) is 5.73 Å². The molecule has 0 unspecified atom stereocenters. The molecule has 0 saturated heterocycles. The molecule has 6 nitrogen and oxygen atoms in total. The topological polar surface area (TPSA) is 101 Å². The zero-order chi connectivity index (χ0) is 15.4. The fraction of sp³-hybridized carbons (Fsp3) is 0.154. The highest BCUT2D eigenvalue weighted by Crippen LogP contribution is 2.25. The molecule has 0 radical (unpaired) electrons. The van der Waals surface area contributed by atoms with Crippen molar-refractivity contribution in [2.75, 3.05) is 16.8 Å². The minimum Gasteiger partial charge on any atom is -0.399 e. The number of halogens is 1. The van der Waals surface area contributed by atoms with E-state index in [1.165, 1.54) is 17.8 Å². The summed E-state index contributed by atoms with van der Waals surface area (Å²) in [7, 11) is 0. The molecule has 21 heavy (non-hydrogen) atoms. The summed E-state index contributed by atoms with van der Waals surface area (Å²) in [5, 5.41) is 3.18. The van der Waals surface area contributed by atoms with E-state index >= 15 is 0 Å². The van der Waals surface area contributed by atoms with Gasteiger partial charge in [-0.1, -0.05) is 11.8 Å². The Morgan fingerprint density at radius 3 is 2.90 bits per heavy atom. The van der Waals surface area contributed by atoms with Crippen molar-refractivity contribution in [3.8, 4) is 0 Å². The van der Waals surface area contributed by atoms with Gasteiger partial charge in [-0.3, -0.25) is 9.59 Å². The van der Waals surface area contributed by atoms with Crippen LogP contribution in [0.3, 0.4) is 0 Å². The molecule has 0 spiro atoms. The SMILES string of the molecule is Cc1cc(=O)[nH]c(SCC(=O)Nc2ccc(N)cc2Br)n1. The van der Waals surface area contributed by atoms with Crippen molar-refractivity contribution in [1.29, 1.82) is 0 Å². The van der Waals surface area contributed by atoms with Crippen molar-refractivity contribution < 1.29 is 4.79 Å². The number of aromatic amines is 1. The standard InChI is InChI=1S/C13H13BrN4O2S/c1-7-4-11(19)18-13(16-7)21-6-12(20)17-10-3-2-8(15)5-9(10)14/h2-5H,6,15H2,1H3,(H,17,20)(H,16,18,19). The molecule has 2 aromatic rings. The summed E-state index contributed by atoms with van der Waals surface area (Å²) >= 11 is 4.50. The first-order valence-corrected chi connectivity index (χ1v) is 7.77. The number of amides is 1. The van der Waals surface area contributed by atoms with Gasteiger partial charge in [0.2, 0.25) is 5.91 Å². The van der Waals surface area contributed by atoms with E-state index in [0.29, 0.717) is 26.7 Å². The van der Waals surface area contributed by atoms with Crippen LogP contribution in [0.2, 0.25) is 0 Å². The number of benzene rings is 1. The van der Waals surface area contributed by atoms with Gasteiger partial charge in [0, 0.05) is 21.9 Å². The molecule has 110 valence electrons. The number of nitrogens with two attached hydrogens (primary N) is 1. The fourth-order valence-corrected chi connectivity index (χ4v) is 2.79. The van der Waals surface area contributed by atoms with Crippen LogP contribution in [0.5, 0.6) is 0 Å². The maximum absolute atomic E-state index is 11.9. The van der Waals surface area contributed by atoms with Crippen LogP contribution in [0.1, 0.15) is 5.69 Å². The Morgan fingerprint density at radius 1 is 1.48 bits per heavy atom. The summed E-state index contributed by atoms with van der Waals surface area (Å²) in [4.78, 5) is 29.9. The maximum atomic E-state index is 11.9. The van der Waals surface area contributed by atoms with Gasteiger partial charge >= 0.3 is 0 Å². The predicted molar refractivity (Wildman–Crippen MR) is 87.5 cm³/mol. The molecule has 0 atom stereocenters. The smallest absolute Gasteiger partial charge is 0.251 e. The number of aromatic nitrogens is 2. The zero-order valence-electron chi connectivity index (χ0n) is 11.1. The lowest BCUT2D eigenvalue weighted by molar-refractivity contribution is -0.113. The van der Waals surface area contributed by atoms with Gasteiger partial charge in [-0.05, 0) is 41.1 Å². The number of nitrogens with one attached hydrogen (secondary N) is 2. The average molecular weight is 369 g/mol. The number of rotatable bonds is 4. The van der Waals surface area contributed by atoms with Crippen LogP contribution in [-0.4, -0.2) is 21.6 Å². The molecule has 0 aliphatic rings. The molecule has 0 aliphatic heterocycles. The monoisotopic (exact) mass is 368 g/mol. The largest absolute Gasteiger partial charge is 0.399 e. The number of H-pyrrole nitrogens is 1. The predicted octanol–water partition coefficient (Wildman–Crippen LogP) is 2.15. The van der Waals surface area contributed by atoms with E-state index in [9.17, 15) is 9.59 Å². The molecular weight excluding hydrogens is 356 g/mol. The third kappa shape index (κ3) is 4.61. The van der Waals surface area contributed by atoms with E-state index < -0.39 is 0 Å². The second kappa shape index (κ2) is 6.77. The first-order valence-electron chi connectivity index (χ1n) is 5.99. The van der Waals surface area contributed by atoms with Crippen LogP contribution in [0.4, 0.5) is 11.4 Å². The summed E-state index contributed by atoms with van der Waals surface area (Å²) in [5.41, 5.74) is 7.26. The van der Waals surface area contributed by atoms with E-state index in [1.54, 1.807) is 25.1 Å². The Morgan fingerprint density at radius 2 is 2.24 bits per heavy atom. The fourth-order valence-electron chi connectivity index (χ4n) is 1.57. The van der Waals surface area contributed by atoms with Gasteiger partial charge in [0.05, 0.1) is 11.4 Å². The summed E-state index contributed by atoms with van der Waals surface area (Å²) in [6.07, 6.45) is 0. The molecular formula is C13H13BrN4O2S. The zero-order valence-corrected chi connectivity index (χ0v) is 13.5. The van der Waals surface area contributed by atoms with E-state index in [1.807, 2.05) is 0 Å².